The van der Waals surface area contributed by atoms with Crippen molar-refractivity contribution in [1.82, 2.24) is 9.97 Å². The van der Waals surface area contributed by atoms with E-state index in [4.69, 9.17) is 22.1 Å². The Morgan fingerprint density at radius 2 is 2.23 bits per heavy atom. The molecule has 0 amide bonds. The van der Waals surface area contributed by atoms with E-state index in [0.29, 0.717) is 28.6 Å². The van der Waals surface area contributed by atoms with E-state index in [2.05, 4.69) is 20.6 Å². The minimum atomic E-state index is -0.893. The summed E-state index contributed by atoms with van der Waals surface area (Å²) in [6.45, 7) is 0. The number of rotatable bonds is 6. The highest BCUT2D eigenvalue weighted by Crippen LogP contribution is 2.19. The molecule has 1 heterocycles. The molecular weight excluding hydrogens is 306 g/mol. The molecular formula is C14H14ClN5O2. The molecule has 0 unspecified atom stereocenters. The lowest BCUT2D eigenvalue weighted by Gasteiger charge is -2.10. The molecule has 8 heteroatoms. The summed E-state index contributed by atoms with van der Waals surface area (Å²) >= 11 is 5.66. The van der Waals surface area contributed by atoms with Crippen molar-refractivity contribution in [1.29, 1.82) is 5.41 Å². The zero-order valence-electron chi connectivity index (χ0n) is 11.7. The molecule has 2 aromatic rings. The highest BCUT2D eigenvalue weighted by atomic mass is 35.5. The number of nitrogens with zero attached hydrogens (tertiary/aromatic N) is 2. The number of benzene rings is 1. The second kappa shape index (κ2) is 6.86. The van der Waals surface area contributed by atoms with Crippen LogP contribution in [-0.2, 0) is 11.2 Å². The van der Waals surface area contributed by atoms with Gasteiger partial charge in [-0.1, -0.05) is 23.7 Å². The molecule has 114 valence electrons. The van der Waals surface area contributed by atoms with E-state index in [1.807, 2.05) is 0 Å². The van der Waals surface area contributed by atoms with Crippen molar-refractivity contribution in [2.24, 2.45) is 0 Å². The topological polar surface area (TPSA) is 111 Å². The van der Waals surface area contributed by atoms with Crippen LogP contribution in [-0.4, -0.2) is 33.3 Å². The lowest BCUT2D eigenvalue weighted by Crippen LogP contribution is -2.06. The minimum Gasteiger partial charge on any atom is -0.481 e. The summed E-state index contributed by atoms with van der Waals surface area (Å²) in [4.78, 5) is 19.1. The third-order valence-electron chi connectivity index (χ3n) is 2.80. The van der Waals surface area contributed by atoms with Gasteiger partial charge in [0.05, 0.1) is 12.0 Å². The highest BCUT2D eigenvalue weighted by molar-refractivity contribution is 6.69. The molecule has 0 aliphatic carbocycles. The van der Waals surface area contributed by atoms with Gasteiger partial charge in [0.25, 0.3) is 0 Å². The van der Waals surface area contributed by atoms with Crippen molar-refractivity contribution in [2.75, 3.05) is 17.7 Å². The average molecular weight is 320 g/mol. The third-order valence-corrected chi connectivity index (χ3v) is 3.00. The molecule has 0 spiro atoms. The monoisotopic (exact) mass is 319 g/mol. The second-order valence-electron chi connectivity index (χ2n) is 4.42. The van der Waals surface area contributed by atoms with Gasteiger partial charge in [-0.15, -0.1) is 0 Å². The minimum absolute atomic E-state index is 0.0551. The molecule has 0 aliphatic heterocycles. The fourth-order valence-electron chi connectivity index (χ4n) is 1.86. The van der Waals surface area contributed by atoms with E-state index < -0.39 is 5.97 Å². The molecule has 2 rings (SSSR count). The van der Waals surface area contributed by atoms with Gasteiger partial charge >= 0.3 is 5.97 Å². The van der Waals surface area contributed by atoms with Gasteiger partial charge < -0.3 is 15.7 Å². The SMILES string of the molecule is CNc1nc(Nc2cccc(CC(=O)O)c2)ncc1C(=N)Cl. The van der Waals surface area contributed by atoms with Crippen molar-refractivity contribution in [3.05, 3.63) is 41.6 Å². The number of halogens is 1. The van der Waals surface area contributed by atoms with Gasteiger partial charge in [0, 0.05) is 18.9 Å². The van der Waals surface area contributed by atoms with Gasteiger partial charge in [0.2, 0.25) is 5.95 Å². The van der Waals surface area contributed by atoms with E-state index in [-0.39, 0.29) is 11.6 Å². The number of carboxylic acid groups (broad SMARTS) is 1. The van der Waals surface area contributed by atoms with E-state index in [9.17, 15) is 4.79 Å². The number of aromatic nitrogens is 2. The zero-order chi connectivity index (χ0) is 16.1. The van der Waals surface area contributed by atoms with Crippen LogP contribution < -0.4 is 10.6 Å². The van der Waals surface area contributed by atoms with Gasteiger partial charge in [-0.3, -0.25) is 10.2 Å². The molecule has 0 fully saturated rings. The Morgan fingerprint density at radius 1 is 1.45 bits per heavy atom. The average Bonchev–Trinajstić information content (AvgIpc) is 2.46. The van der Waals surface area contributed by atoms with Crippen LogP contribution >= 0.6 is 11.6 Å². The smallest absolute Gasteiger partial charge is 0.307 e. The predicted octanol–water partition coefficient (Wildman–Crippen LogP) is 2.45. The lowest BCUT2D eigenvalue weighted by molar-refractivity contribution is -0.136. The van der Waals surface area contributed by atoms with Gasteiger partial charge in [-0.05, 0) is 17.7 Å². The first-order valence-electron chi connectivity index (χ1n) is 6.36. The van der Waals surface area contributed by atoms with Crippen LogP contribution in [0, 0.1) is 5.41 Å². The van der Waals surface area contributed by atoms with Crippen molar-refractivity contribution in [2.45, 2.75) is 6.42 Å². The Bertz CT molecular complexity index is 720. The normalized spacial score (nSPS) is 10.1. The molecule has 0 bridgehead atoms. The number of anilines is 3. The molecule has 0 radical (unpaired) electrons. The van der Waals surface area contributed by atoms with Crippen LogP contribution in [0.4, 0.5) is 17.5 Å². The van der Waals surface area contributed by atoms with Crippen molar-refractivity contribution in [3.8, 4) is 0 Å². The summed E-state index contributed by atoms with van der Waals surface area (Å²) < 4.78 is 0. The van der Waals surface area contributed by atoms with Gasteiger partial charge in [0.1, 0.15) is 11.0 Å². The van der Waals surface area contributed by atoms with Crippen LogP contribution in [0.5, 0.6) is 0 Å². The highest BCUT2D eigenvalue weighted by Gasteiger charge is 2.09. The molecule has 0 aliphatic rings. The first-order valence-corrected chi connectivity index (χ1v) is 6.74. The summed E-state index contributed by atoms with van der Waals surface area (Å²) in [5, 5.41) is 21.9. The second-order valence-corrected chi connectivity index (χ2v) is 4.79. The van der Waals surface area contributed by atoms with Crippen molar-refractivity contribution in [3.63, 3.8) is 0 Å². The van der Waals surface area contributed by atoms with Gasteiger partial charge in [-0.2, -0.15) is 4.98 Å². The summed E-state index contributed by atoms with van der Waals surface area (Å²) in [6, 6.07) is 6.98. The summed E-state index contributed by atoms with van der Waals surface area (Å²) in [6.07, 6.45) is 1.39. The molecule has 22 heavy (non-hydrogen) atoms. The molecule has 0 saturated heterocycles. The number of carbonyl (C=O) groups is 1. The quantitative estimate of drug-likeness (QED) is 0.609. The van der Waals surface area contributed by atoms with E-state index in [1.165, 1.54) is 6.20 Å². The zero-order valence-corrected chi connectivity index (χ0v) is 12.5. The van der Waals surface area contributed by atoms with Gasteiger partial charge in [0.15, 0.2) is 0 Å². The third kappa shape index (κ3) is 3.92. The molecule has 0 atom stereocenters. The predicted molar refractivity (Wildman–Crippen MR) is 85.3 cm³/mol. The van der Waals surface area contributed by atoms with Gasteiger partial charge in [-0.25, -0.2) is 4.98 Å². The Hall–Kier alpha value is -2.67. The lowest BCUT2D eigenvalue weighted by atomic mass is 10.1. The molecule has 7 nitrogen and oxygen atoms in total. The summed E-state index contributed by atoms with van der Waals surface area (Å²) in [5.41, 5.74) is 1.74. The first-order chi connectivity index (χ1) is 10.5. The summed E-state index contributed by atoms with van der Waals surface area (Å²) in [7, 11) is 1.67. The molecule has 0 saturated carbocycles. The van der Waals surface area contributed by atoms with Crippen LogP contribution in [0.3, 0.4) is 0 Å². The Kier molecular flexibility index (Phi) is 4.90. The fourth-order valence-corrected chi connectivity index (χ4v) is 1.99. The Morgan fingerprint density at radius 3 is 2.86 bits per heavy atom. The number of carboxylic acids is 1. The van der Waals surface area contributed by atoms with Crippen LogP contribution in [0.15, 0.2) is 30.5 Å². The maximum absolute atomic E-state index is 10.7. The maximum atomic E-state index is 10.7. The van der Waals surface area contributed by atoms with Crippen LogP contribution in [0.25, 0.3) is 0 Å². The van der Waals surface area contributed by atoms with E-state index in [1.54, 1.807) is 31.3 Å². The largest absolute Gasteiger partial charge is 0.481 e. The molecule has 4 N–H and O–H groups in total. The number of aliphatic carboxylic acids is 1. The molecule has 1 aromatic carbocycles. The number of hydrogen-bond acceptors (Lipinski definition) is 6. The van der Waals surface area contributed by atoms with Crippen LogP contribution in [0.1, 0.15) is 11.1 Å². The number of nitrogens with one attached hydrogen (secondary N) is 3. The fraction of sp³-hybridized carbons (Fsp3) is 0.143. The van der Waals surface area contributed by atoms with Crippen molar-refractivity contribution >= 4 is 40.2 Å². The molecule has 1 aromatic heterocycles. The Balaban J connectivity index is 2.23. The van der Waals surface area contributed by atoms with Crippen molar-refractivity contribution < 1.29 is 9.90 Å². The van der Waals surface area contributed by atoms with Crippen LogP contribution in [0.2, 0.25) is 0 Å². The first kappa shape index (κ1) is 15.7. The van der Waals surface area contributed by atoms with E-state index >= 15 is 0 Å². The maximum Gasteiger partial charge on any atom is 0.307 e. The van der Waals surface area contributed by atoms with E-state index in [0.717, 1.165) is 0 Å². The Labute approximate surface area is 131 Å². The summed E-state index contributed by atoms with van der Waals surface area (Å²) in [5.74, 6) is -0.145. The standard InChI is InChI=1S/C14H14ClN5O2/c1-17-13-10(12(15)16)7-18-14(20-13)19-9-4-2-3-8(5-9)6-11(21)22/h2-5,7,16H,6H2,1H3,(H,21,22)(H2,17,18,19,20). The number of hydrogen-bond donors (Lipinski definition) is 4.